The molecule has 1 unspecified atom stereocenters. The van der Waals surface area contributed by atoms with E-state index in [0.717, 1.165) is 25.7 Å². The van der Waals surface area contributed by atoms with Crippen molar-refractivity contribution >= 4 is 0 Å². The first-order valence-electron chi connectivity index (χ1n) is 6.95. The van der Waals surface area contributed by atoms with Gasteiger partial charge in [-0.3, -0.25) is 0 Å². The molecule has 0 aromatic rings. The highest BCUT2D eigenvalue weighted by Crippen LogP contribution is 2.15. The highest BCUT2D eigenvalue weighted by Gasteiger charge is 2.05. The van der Waals surface area contributed by atoms with Crippen LogP contribution in [0.3, 0.4) is 0 Å². The Morgan fingerprint density at radius 3 is 1.53 bits per heavy atom. The number of halogens is 1. The van der Waals surface area contributed by atoms with Crippen molar-refractivity contribution in [3.8, 4) is 0 Å². The molecule has 0 spiro atoms. The quantitative estimate of drug-likeness (QED) is 0.391. The third-order valence-corrected chi connectivity index (χ3v) is 2.99. The highest BCUT2D eigenvalue weighted by atomic mass is 19.1. The Morgan fingerprint density at radius 1 is 0.667 bits per heavy atom. The average molecular weight is 216 g/mol. The zero-order valence-electron chi connectivity index (χ0n) is 10.7. The van der Waals surface area contributed by atoms with E-state index < -0.39 is 6.17 Å². The van der Waals surface area contributed by atoms with Gasteiger partial charge in [-0.2, -0.15) is 0 Å². The van der Waals surface area contributed by atoms with Gasteiger partial charge < -0.3 is 0 Å². The lowest BCUT2D eigenvalue weighted by molar-refractivity contribution is 0.279. The van der Waals surface area contributed by atoms with Crippen LogP contribution in [0.25, 0.3) is 0 Å². The van der Waals surface area contributed by atoms with E-state index in [4.69, 9.17) is 0 Å². The zero-order valence-corrected chi connectivity index (χ0v) is 10.7. The molecule has 0 heterocycles. The lowest BCUT2D eigenvalue weighted by atomic mass is 10.0. The van der Waals surface area contributed by atoms with Crippen molar-refractivity contribution in [3.05, 3.63) is 0 Å². The Hall–Kier alpha value is -0.0700. The fourth-order valence-corrected chi connectivity index (χ4v) is 1.91. The first kappa shape index (κ1) is 14.9. The number of hydrogen-bond acceptors (Lipinski definition) is 0. The summed E-state index contributed by atoms with van der Waals surface area (Å²) in [5.74, 6) is 0. The molecule has 1 heteroatoms. The van der Waals surface area contributed by atoms with Gasteiger partial charge in [-0.15, -0.1) is 0 Å². The van der Waals surface area contributed by atoms with Gasteiger partial charge in [0.1, 0.15) is 6.17 Å². The first-order valence-corrected chi connectivity index (χ1v) is 6.95. The normalized spacial score (nSPS) is 13.0. The maximum Gasteiger partial charge on any atom is 0.100 e. The molecule has 0 fully saturated rings. The van der Waals surface area contributed by atoms with Gasteiger partial charge in [0.2, 0.25) is 0 Å². The fraction of sp³-hybridized carbons (Fsp3) is 1.00. The van der Waals surface area contributed by atoms with Crippen LogP contribution >= 0.6 is 0 Å². The van der Waals surface area contributed by atoms with E-state index in [1.165, 1.54) is 44.9 Å². The van der Waals surface area contributed by atoms with Crippen LogP contribution < -0.4 is 0 Å². The summed E-state index contributed by atoms with van der Waals surface area (Å²) in [5, 5.41) is 0. The molecule has 0 amide bonds. The summed E-state index contributed by atoms with van der Waals surface area (Å²) in [4.78, 5) is 0. The number of rotatable bonds is 11. The minimum absolute atomic E-state index is 0.525. The molecule has 0 rings (SSSR count). The van der Waals surface area contributed by atoms with Crippen LogP contribution in [0.1, 0.15) is 84.5 Å². The van der Waals surface area contributed by atoms with E-state index >= 15 is 0 Å². The third kappa shape index (κ3) is 11.9. The maximum absolute atomic E-state index is 13.3. The molecule has 15 heavy (non-hydrogen) atoms. The summed E-state index contributed by atoms with van der Waals surface area (Å²) in [6.07, 6.45) is 12.1. The Labute approximate surface area is 95.6 Å². The van der Waals surface area contributed by atoms with Gasteiger partial charge in [0.05, 0.1) is 0 Å². The van der Waals surface area contributed by atoms with Gasteiger partial charge in [-0.25, -0.2) is 4.39 Å². The molecule has 0 aliphatic carbocycles. The van der Waals surface area contributed by atoms with Gasteiger partial charge in [-0.05, 0) is 12.8 Å². The van der Waals surface area contributed by atoms with E-state index in [0.29, 0.717) is 0 Å². The average Bonchev–Trinajstić information content (AvgIpc) is 2.24. The minimum Gasteiger partial charge on any atom is -0.247 e. The summed E-state index contributed by atoms with van der Waals surface area (Å²) in [6, 6.07) is 0. The second kappa shape index (κ2) is 12.0. The van der Waals surface area contributed by atoms with E-state index in [9.17, 15) is 4.39 Å². The Morgan fingerprint density at radius 2 is 1.07 bits per heavy atom. The van der Waals surface area contributed by atoms with E-state index in [2.05, 4.69) is 13.8 Å². The third-order valence-electron chi connectivity index (χ3n) is 2.99. The summed E-state index contributed by atoms with van der Waals surface area (Å²) < 4.78 is 13.3. The van der Waals surface area contributed by atoms with Crippen LogP contribution in [-0.4, -0.2) is 6.17 Å². The lowest BCUT2D eigenvalue weighted by Crippen LogP contribution is -1.99. The molecule has 0 aliphatic rings. The van der Waals surface area contributed by atoms with Gasteiger partial charge >= 0.3 is 0 Å². The standard InChI is InChI=1S/C14H29F/c1-3-5-7-9-11-13-14(15)12-10-8-6-4-2/h14H,3-13H2,1-2H3. The van der Waals surface area contributed by atoms with Gasteiger partial charge in [0, 0.05) is 0 Å². The van der Waals surface area contributed by atoms with Crippen molar-refractivity contribution in [1.82, 2.24) is 0 Å². The van der Waals surface area contributed by atoms with E-state index in [1.54, 1.807) is 0 Å². The molecule has 0 bridgehead atoms. The van der Waals surface area contributed by atoms with Crippen LogP contribution in [0.2, 0.25) is 0 Å². The summed E-state index contributed by atoms with van der Waals surface area (Å²) >= 11 is 0. The SMILES string of the molecule is CCCCCCCC(F)CCCCCC. The van der Waals surface area contributed by atoms with Crippen molar-refractivity contribution in [1.29, 1.82) is 0 Å². The van der Waals surface area contributed by atoms with E-state index in [1.807, 2.05) is 0 Å². The number of alkyl halides is 1. The van der Waals surface area contributed by atoms with Crippen molar-refractivity contribution in [2.75, 3.05) is 0 Å². The molecule has 0 aromatic carbocycles. The van der Waals surface area contributed by atoms with Crippen LogP contribution in [0.4, 0.5) is 4.39 Å². The molecule has 0 N–H and O–H groups in total. The molecule has 0 aromatic heterocycles. The molecule has 0 aliphatic heterocycles. The van der Waals surface area contributed by atoms with Crippen LogP contribution in [-0.2, 0) is 0 Å². The molecule has 1 atom stereocenters. The lowest BCUT2D eigenvalue weighted by Gasteiger charge is -2.07. The zero-order chi connectivity index (χ0) is 11.4. The highest BCUT2D eigenvalue weighted by molar-refractivity contribution is 4.57. The van der Waals surface area contributed by atoms with Gasteiger partial charge in [-0.1, -0.05) is 71.6 Å². The molecular weight excluding hydrogens is 187 g/mol. The van der Waals surface area contributed by atoms with Crippen molar-refractivity contribution < 1.29 is 4.39 Å². The molecule has 92 valence electrons. The molecule has 0 radical (unpaired) electrons. The van der Waals surface area contributed by atoms with Crippen LogP contribution in [0, 0.1) is 0 Å². The Kier molecular flexibility index (Phi) is 11.9. The number of unbranched alkanes of at least 4 members (excludes halogenated alkanes) is 7. The topological polar surface area (TPSA) is 0 Å². The summed E-state index contributed by atoms with van der Waals surface area (Å²) in [7, 11) is 0. The van der Waals surface area contributed by atoms with Crippen LogP contribution in [0.5, 0.6) is 0 Å². The van der Waals surface area contributed by atoms with Crippen molar-refractivity contribution in [2.24, 2.45) is 0 Å². The second-order valence-corrected chi connectivity index (χ2v) is 4.65. The van der Waals surface area contributed by atoms with Gasteiger partial charge in [0.15, 0.2) is 0 Å². The predicted octanol–water partition coefficient (Wildman–Crippen LogP) is 5.66. The largest absolute Gasteiger partial charge is 0.247 e. The van der Waals surface area contributed by atoms with E-state index in [-0.39, 0.29) is 0 Å². The summed E-state index contributed by atoms with van der Waals surface area (Å²) in [5.41, 5.74) is 0. The van der Waals surface area contributed by atoms with Crippen LogP contribution in [0.15, 0.2) is 0 Å². The second-order valence-electron chi connectivity index (χ2n) is 4.65. The monoisotopic (exact) mass is 216 g/mol. The van der Waals surface area contributed by atoms with Gasteiger partial charge in [0.25, 0.3) is 0 Å². The summed E-state index contributed by atoms with van der Waals surface area (Å²) in [6.45, 7) is 4.41. The smallest absolute Gasteiger partial charge is 0.100 e. The molecular formula is C14H29F. The Balaban J connectivity index is 3.08. The minimum atomic E-state index is -0.525. The molecule has 0 nitrogen and oxygen atoms in total. The predicted molar refractivity (Wildman–Crippen MR) is 67.0 cm³/mol. The molecule has 0 saturated carbocycles. The fourth-order valence-electron chi connectivity index (χ4n) is 1.91. The van der Waals surface area contributed by atoms with Crippen molar-refractivity contribution in [3.63, 3.8) is 0 Å². The maximum atomic E-state index is 13.3. The first-order chi connectivity index (χ1) is 7.31. The molecule has 0 saturated heterocycles. The number of hydrogen-bond donors (Lipinski definition) is 0. The Bertz CT molecular complexity index is 112. The van der Waals surface area contributed by atoms with Crippen molar-refractivity contribution in [2.45, 2.75) is 90.6 Å².